The second kappa shape index (κ2) is 5.73. The van der Waals surface area contributed by atoms with Crippen molar-refractivity contribution in [3.05, 3.63) is 44.6 Å². The molecule has 1 atom stereocenters. The number of aliphatic hydroxyl groups excluding tert-OH is 1. The van der Waals surface area contributed by atoms with Gasteiger partial charge in [0.15, 0.2) is 0 Å². The van der Waals surface area contributed by atoms with Crippen LogP contribution in [0.4, 0.5) is 0 Å². The standard InChI is InChI=1S/C13H13BrO3S/c1-16-9-6-5-8(13(17-2)11(9)14)12(15)10-4-3-7-18-10/h3-7,12,15H,1-2H3. The zero-order valence-electron chi connectivity index (χ0n) is 10.0. The Morgan fingerprint density at radius 2 is 2.00 bits per heavy atom. The lowest BCUT2D eigenvalue weighted by Crippen LogP contribution is -2.02. The highest BCUT2D eigenvalue weighted by molar-refractivity contribution is 9.10. The van der Waals surface area contributed by atoms with E-state index in [1.54, 1.807) is 20.3 Å². The zero-order valence-corrected chi connectivity index (χ0v) is 12.4. The van der Waals surface area contributed by atoms with Gasteiger partial charge < -0.3 is 14.6 Å². The summed E-state index contributed by atoms with van der Waals surface area (Å²) in [6.45, 7) is 0. The van der Waals surface area contributed by atoms with Crippen molar-refractivity contribution in [1.82, 2.24) is 0 Å². The van der Waals surface area contributed by atoms with E-state index in [9.17, 15) is 5.11 Å². The molecule has 0 fully saturated rings. The van der Waals surface area contributed by atoms with Gasteiger partial charge in [0, 0.05) is 10.4 Å². The van der Waals surface area contributed by atoms with E-state index in [0.717, 1.165) is 4.88 Å². The first-order valence-electron chi connectivity index (χ1n) is 5.31. The lowest BCUT2D eigenvalue weighted by molar-refractivity contribution is 0.218. The van der Waals surface area contributed by atoms with E-state index >= 15 is 0 Å². The van der Waals surface area contributed by atoms with E-state index in [0.29, 0.717) is 21.5 Å². The van der Waals surface area contributed by atoms with Gasteiger partial charge in [0.25, 0.3) is 0 Å². The fraction of sp³-hybridized carbons (Fsp3) is 0.231. The van der Waals surface area contributed by atoms with Gasteiger partial charge in [0.1, 0.15) is 22.1 Å². The Kier molecular flexibility index (Phi) is 4.27. The molecule has 3 nitrogen and oxygen atoms in total. The third-order valence-corrected chi connectivity index (χ3v) is 4.30. The van der Waals surface area contributed by atoms with Gasteiger partial charge in [-0.25, -0.2) is 0 Å². The van der Waals surface area contributed by atoms with Crippen LogP contribution >= 0.6 is 27.3 Å². The summed E-state index contributed by atoms with van der Waals surface area (Å²) in [4.78, 5) is 0.880. The molecule has 5 heteroatoms. The van der Waals surface area contributed by atoms with Gasteiger partial charge >= 0.3 is 0 Å². The van der Waals surface area contributed by atoms with Crippen LogP contribution in [0.15, 0.2) is 34.1 Å². The fourth-order valence-electron chi connectivity index (χ4n) is 1.73. The highest BCUT2D eigenvalue weighted by Gasteiger charge is 2.20. The van der Waals surface area contributed by atoms with Gasteiger partial charge in [-0.2, -0.15) is 0 Å². The molecule has 1 heterocycles. The van der Waals surface area contributed by atoms with Crippen LogP contribution in [0.5, 0.6) is 11.5 Å². The molecule has 0 aliphatic rings. The minimum Gasteiger partial charge on any atom is -0.495 e. The first-order chi connectivity index (χ1) is 8.69. The molecule has 0 saturated carbocycles. The minimum absolute atomic E-state index is 0.593. The molecule has 1 N–H and O–H groups in total. The van der Waals surface area contributed by atoms with E-state index in [1.165, 1.54) is 11.3 Å². The first kappa shape index (κ1) is 13.4. The van der Waals surface area contributed by atoms with Gasteiger partial charge in [-0.1, -0.05) is 6.07 Å². The van der Waals surface area contributed by atoms with Crippen molar-refractivity contribution in [3.63, 3.8) is 0 Å². The molecular formula is C13H13BrO3S. The summed E-state index contributed by atoms with van der Waals surface area (Å²) in [6, 6.07) is 7.42. The molecule has 1 unspecified atom stereocenters. The number of methoxy groups -OCH3 is 2. The van der Waals surface area contributed by atoms with Gasteiger partial charge in [-0.15, -0.1) is 11.3 Å². The summed E-state index contributed by atoms with van der Waals surface area (Å²) in [6.07, 6.45) is -0.692. The van der Waals surface area contributed by atoms with Crippen LogP contribution in [0.2, 0.25) is 0 Å². The van der Waals surface area contributed by atoms with Crippen LogP contribution in [0.25, 0.3) is 0 Å². The average molecular weight is 329 g/mol. The van der Waals surface area contributed by atoms with Crippen LogP contribution in [0, 0.1) is 0 Å². The Hall–Kier alpha value is -1.04. The van der Waals surface area contributed by atoms with Crippen molar-refractivity contribution in [2.24, 2.45) is 0 Å². The quantitative estimate of drug-likeness (QED) is 0.931. The summed E-state index contributed by atoms with van der Waals surface area (Å²) in [5.74, 6) is 1.27. The predicted octanol–water partition coefficient (Wildman–Crippen LogP) is 3.61. The minimum atomic E-state index is -0.692. The Morgan fingerprint density at radius 3 is 2.56 bits per heavy atom. The molecule has 0 spiro atoms. The SMILES string of the molecule is COc1ccc(C(O)c2cccs2)c(OC)c1Br. The molecule has 0 radical (unpaired) electrons. The Labute approximate surface area is 118 Å². The fourth-order valence-corrected chi connectivity index (χ4v) is 3.15. The van der Waals surface area contributed by atoms with E-state index in [-0.39, 0.29) is 0 Å². The van der Waals surface area contributed by atoms with Crippen molar-refractivity contribution in [3.8, 4) is 11.5 Å². The second-order valence-electron chi connectivity index (χ2n) is 3.62. The van der Waals surface area contributed by atoms with Crippen LogP contribution < -0.4 is 9.47 Å². The summed E-state index contributed by atoms with van der Waals surface area (Å²) < 4.78 is 11.3. The predicted molar refractivity (Wildman–Crippen MR) is 75.6 cm³/mol. The number of halogens is 1. The van der Waals surface area contributed by atoms with E-state index < -0.39 is 6.10 Å². The van der Waals surface area contributed by atoms with Crippen molar-refractivity contribution >= 4 is 27.3 Å². The third-order valence-electron chi connectivity index (χ3n) is 2.62. The summed E-state index contributed by atoms with van der Waals surface area (Å²) in [5, 5.41) is 12.3. The number of ether oxygens (including phenoxy) is 2. The summed E-state index contributed by atoms with van der Waals surface area (Å²) >= 11 is 4.94. The van der Waals surface area contributed by atoms with Gasteiger partial charge in [0.2, 0.25) is 0 Å². The summed E-state index contributed by atoms with van der Waals surface area (Å²) in [5.41, 5.74) is 0.715. The average Bonchev–Trinajstić information content (AvgIpc) is 2.91. The van der Waals surface area contributed by atoms with E-state index in [2.05, 4.69) is 15.9 Å². The number of thiophene rings is 1. The Balaban J connectivity index is 2.48. The van der Waals surface area contributed by atoms with Crippen molar-refractivity contribution < 1.29 is 14.6 Å². The molecule has 18 heavy (non-hydrogen) atoms. The van der Waals surface area contributed by atoms with Crippen LogP contribution in [0.1, 0.15) is 16.5 Å². The van der Waals surface area contributed by atoms with Crippen molar-refractivity contribution in [2.75, 3.05) is 14.2 Å². The van der Waals surface area contributed by atoms with E-state index in [4.69, 9.17) is 9.47 Å². The van der Waals surface area contributed by atoms with Gasteiger partial charge in [-0.3, -0.25) is 0 Å². The van der Waals surface area contributed by atoms with Gasteiger partial charge in [-0.05, 0) is 39.5 Å². The normalized spacial score (nSPS) is 12.2. The number of aliphatic hydroxyl groups is 1. The Morgan fingerprint density at radius 1 is 1.22 bits per heavy atom. The molecule has 1 aromatic heterocycles. The number of rotatable bonds is 4. The molecule has 0 aliphatic heterocycles. The smallest absolute Gasteiger partial charge is 0.142 e. The lowest BCUT2D eigenvalue weighted by atomic mass is 10.1. The number of benzene rings is 1. The van der Waals surface area contributed by atoms with E-state index in [1.807, 2.05) is 23.6 Å². The first-order valence-corrected chi connectivity index (χ1v) is 6.98. The maximum Gasteiger partial charge on any atom is 0.142 e. The van der Waals surface area contributed by atoms with Crippen molar-refractivity contribution in [1.29, 1.82) is 0 Å². The maximum absolute atomic E-state index is 10.3. The lowest BCUT2D eigenvalue weighted by Gasteiger charge is -2.16. The highest BCUT2D eigenvalue weighted by Crippen LogP contribution is 2.41. The molecule has 0 saturated heterocycles. The monoisotopic (exact) mass is 328 g/mol. The molecule has 1 aromatic carbocycles. The Bertz CT molecular complexity index is 525. The van der Waals surface area contributed by atoms with Crippen LogP contribution in [-0.4, -0.2) is 19.3 Å². The van der Waals surface area contributed by atoms with Gasteiger partial charge in [0.05, 0.1) is 14.2 Å². The topological polar surface area (TPSA) is 38.7 Å². The molecule has 0 bridgehead atoms. The molecular weight excluding hydrogens is 316 g/mol. The number of hydrogen-bond acceptors (Lipinski definition) is 4. The largest absolute Gasteiger partial charge is 0.495 e. The molecule has 0 aliphatic carbocycles. The van der Waals surface area contributed by atoms with Crippen LogP contribution in [0.3, 0.4) is 0 Å². The molecule has 0 amide bonds. The summed E-state index contributed by atoms with van der Waals surface area (Å²) in [7, 11) is 3.17. The molecule has 2 aromatic rings. The third kappa shape index (κ3) is 2.39. The molecule has 2 rings (SSSR count). The zero-order chi connectivity index (χ0) is 13.1. The van der Waals surface area contributed by atoms with Crippen molar-refractivity contribution in [2.45, 2.75) is 6.10 Å². The number of hydrogen-bond donors (Lipinski definition) is 1. The second-order valence-corrected chi connectivity index (χ2v) is 5.39. The highest BCUT2D eigenvalue weighted by atomic mass is 79.9. The molecule has 96 valence electrons. The maximum atomic E-state index is 10.3. The van der Waals surface area contributed by atoms with Crippen LogP contribution in [-0.2, 0) is 0 Å².